The Hall–Kier alpha value is -1.48. The Labute approximate surface area is 135 Å². The van der Waals surface area contributed by atoms with Crippen LogP contribution in [-0.2, 0) is 0 Å². The van der Waals surface area contributed by atoms with Crippen LogP contribution in [0.3, 0.4) is 0 Å². The largest absolute Gasteiger partial charge is 0.573 e. The molecule has 2 rings (SSSR count). The fourth-order valence-corrected chi connectivity index (χ4v) is 2.75. The molecule has 24 heavy (non-hydrogen) atoms. The summed E-state index contributed by atoms with van der Waals surface area (Å²) in [6.07, 6.45) is -10.1. The first-order valence-corrected chi connectivity index (χ1v) is 7.51. The van der Waals surface area contributed by atoms with Crippen LogP contribution in [0.1, 0.15) is 24.4 Å². The third-order valence-corrected chi connectivity index (χ3v) is 3.79. The van der Waals surface area contributed by atoms with Crippen LogP contribution in [0.15, 0.2) is 24.3 Å². The molecule has 0 amide bonds. The second-order valence-corrected chi connectivity index (χ2v) is 5.57. The Kier molecular flexibility index (Phi) is 5.97. The number of benzene rings is 1. The van der Waals surface area contributed by atoms with E-state index in [-0.39, 0.29) is 12.2 Å². The maximum absolute atomic E-state index is 12.6. The van der Waals surface area contributed by atoms with Crippen molar-refractivity contribution in [1.82, 2.24) is 10.2 Å². The number of alkyl halides is 6. The molecule has 1 aromatic carbocycles. The van der Waals surface area contributed by atoms with E-state index in [1.807, 2.05) is 4.90 Å². The zero-order valence-electron chi connectivity index (χ0n) is 12.8. The average molecular weight is 356 g/mol. The average Bonchev–Trinajstić information content (AvgIpc) is 2.47. The first kappa shape index (κ1) is 18.9. The van der Waals surface area contributed by atoms with Crippen LogP contribution < -0.4 is 10.1 Å². The van der Waals surface area contributed by atoms with Gasteiger partial charge >= 0.3 is 12.5 Å². The lowest BCUT2D eigenvalue weighted by molar-refractivity contribution is -0.274. The Morgan fingerprint density at radius 2 is 1.58 bits per heavy atom. The molecule has 1 aliphatic heterocycles. The second-order valence-electron chi connectivity index (χ2n) is 5.57. The minimum atomic E-state index is -4.80. The third kappa shape index (κ3) is 6.20. The fourth-order valence-electron chi connectivity index (χ4n) is 2.75. The molecule has 1 aromatic rings. The highest BCUT2D eigenvalue weighted by Gasteiger charge is 2.32. The first-order chi connectivity index (χ1) is 11.1. The summed E-state index contributed by atoms with van der Waals surface area (Å²) in [6, 6.07) is 4.56. The number of hydrogen-bond donors (Lipinski definition) is 1. The van der Waals surface area contributed by atoms with E-state index in [4.69, 9.17) is 0 Å². The van der Waals surface area contributed by atoms with Gasteiger partial charge in [-0.1, -0.05) is 12.1 Å². The molecule has 1 heterocycles. The van der Waals surface area contributed by atoms with Crippen LogP contribution in [-0.4, -0.2) is 43.6 Å². The Morgan fingerprint density at radius 3 is 2.08 bits per heavy atom. The molecule has 0 unspecified atom stereocenters. The van der Waals surface area contributed by atoms with Gasteiger partial charge in [-0.25, -0.2) is 0 Å². The number of nitrogens with zero attached hydrogens (tertiary/aromatic N) is 1. The molecule has 136 valence electrons. The van der Waals surface area contributed by atoms with Gasteiger partial charge in [-0.05, 0) is 24.1 Å². The lowest BCUT2D eigenvalue weighted by Crippen LogP contribution is -2.45. The van der Waals surface area contributed by atoms with Crippen molar-refractivity contribution in [3.05, 3.63) is 29.8 Å². The summed E-state index contributed by atoms with van der Waals surface area (Å²) in [5, 5.41) is 3.12. The molecular weight excluding hydrogens is 338 g/mol. The van der Waals surface area contributed by atoms with Crippen LogP contribution in [0.25, 0.3) is 0 Å². The summed E-state index contributed by atoms with van der Waals surface area (Å²) in [5.41, 5.74) is 0.552. The van der Waals surface area contributed by atoms with Gasteiger partial charge in [0.05, 0.1) is 0 Å². The molecule has 0 spiro atoms. The summed E-state index contributed by atoms with van der Waals surface area (Å²) in [4.78, 5) is 1.92. The van der Waals surface area contributed by atoms with Crippen molar-refractivity contribution in [2.75, 3.05) is 26.2 Å². The zero-order chi connectivity index (χ0) is 17.8. The molecule has 9 heteroatoms. The Balaban J connectivity index is 2.12. The summed E-state index contributed by atoms with van der Waals surface area (Å²) in [5.74, 6) is -0.388. The minimum absolute atomic E-state index is 0.136. The Morgan fingerprint density at radius 1 is 1.00 bits per heavy atom. The van der Waals surface area contributed by atoms with E-state index in [1.165, 1.54) is 12.1 Å². The van der Waals surface area contributed by atoms with Crippen LogP contribution in [0, 0.1) is 0 Å². The molecule has 3 nitrogen and oxygen atoms in total. The highest BCUT2D eigenvalue weighted by Crippen LogP contribution is 2.33. The zero-order valence-corrected chi connectivity index (χ0v) is 12.8. The monoisotopic (exact) mass is 356 g/mol. The van der Waals surface area contributed by atoms with Crippen molar-refractivity contribution >= 4 is 0 Å². The lowest BCUT2D eigenvalue weighted by atomic mass is 9.99. The Bertz CT molecular complexity index is 508. The van der Waals surface area contributed by atoms with Crippen molar-refractivity contribution in [2.24, 2.45) is 0 Å². The molecule has 1 saturated heterocycles. The maximum atomic E-state index is 12.6. The van der Waals surface area contributed by atoms with Gasteiger partial charge in [-0.15, -0.1) is 13.2 Å². The number of ether oxygens (including phenoxy) is 1. The lowest BCUT2D eigenvalue weighted by Gasteiger charge is -2.35. The van der Waals surface area contributed by atoms with Crippen molar-refractivity contribution in [3.8, 4) is 5.75 Å². The van der Waals surface area contributed by atoms with E-state index in [1.54, 1.807) is 0 Å². The summed E-state index contributed by atoms with van der Waals surface area (Å²) in [7, 11) is 0. The van der Waals surface area contributed by atoms with Crippen molar-refractivity contribution in [2.45, 2.75) is 31.4 Å². The number of rotatable bonds is 5. The first-order valence-electron chi connectivity index (χ1n) is 7.51. The quantitative estimate of drug-likeness (QED) is 0.811. The fraction of sp³-hybridized carbons (Fsp3) is 0.600. The van der Waals surface area contributed by atoms with Gasteiger partial charge in [-0.3, -0.25) is 4.90 Å². The van der Waals surface area contributed by atoms with Gasteiger partial charge in [-0.2, -0.15) is 13.2 Å². The number of nitrogens with one attached hydrogen (secondary N) is 1. The van der Waals surface area contributed by atoms with Crippen molar-refractivity contribution in [3.63, 3.8) is 0 Å². The van der Waals surface area contributed by atoms with E-state index < -0.39 is 25.0 Å². The van der Waals surface area contributed by atoms with Gasteiger partial charge < -0.3 is 10.1 Å². The molecule has 1 fully saturated rings. The second kappa shape index (κ2) is 7.60. The number of piperazine rings is 1. The van der Waals surface area contributed by atoms with Crippen LogP contribution >= 0.6 is 0 Å². The summed E-state index contributed by atoms with van der Waals surface area (Å²) in [6.45, 7) is 2.50. The highest BCUT2D eigenvalue weighted by atomic mass is 19.4. The molecular formula is C15H18F6N2O. The molecule has 1 atom stereocenters. The van der Waals surface area contributed by atoms with Crippen molar-refractivity contribution in [1.29, 1.82) is 0 Å². The van der Waals surface area contributed by atoms with Gasteiger partial charge in [0.2, 0.25) is 0 Å². The van der Waals surface area contributed by atoms with Gasteiger partial charge in [0.15, 0.2) is 0 Å². The standard InChI is InChI=1S/C15H18F6N2O/c16-14(17,18)6-5-13(23-9-7-22-8-10-23)11-1-3-12(4-2-11)24-15(19,20)21/h1-4,13,22H,5-10H2/t13-/m0/s1. The predicted molar refractivity (Wildman–Crippen MR) is 75.6 cm³/mol. The summed E-state index contributed by atoms with van der Waals surface area (Å²) < 4.78 is 78.1. The van der Waals surface area contributed by atoms with Gasteiger partial charge in [0.1, 0.15) is 5.75 Å². The van der Waals surface area contributed by atoms with Gasteiger partial charge in [0, 0.05) is 38.6 Å². The molecule has 1 aliphatic rings. The molecule has 0 radical (unpaired) electrons. The molecule has 1 N–H and O–H groups in total. The maximum Gasteiger partial charge on any atom is 0.573 e. The van der Waals surface area contributed by atoms with Crippen LogP contribution in [0.4, 0.5) is 26.3 Å². The van der Waals surface area contributed by atoms with Crippen LogP contribution in [0.2, 0.25) is 0 Å². The molecule has 0 aliphatic carbocycles. The van der Waals surface area contributed by atoms with E-state index in [9.17, 15) is 26.3 Å². The third-order valence-electron chi connectivity index (χ3n) is 3.79. The van der Waals surface area contributed by atoms with E-state index in [2.05, 4.69) is 10.1 Å². The summed E-state index contributed by atoms with van der Waals surface area (Å²) >= 11 is 0. The highest BCUT2D eigenvalue weighted by molar-refractivity contribution is 5.29. The molecule has 0 saturated carbocycles. The van der Waals surface area contributed by atoms with E-state index in [0.717, 1.165) is 12.1 Å². The number of halogens is 6. The van der Waals surface area contributed by atoms with Crippen LogP contribution in [0.5, 0.6) is 5.75 Å². The predicted octanol–water partition coefficient (Wildman–Crippen LogP) is 3.87. The number of hydrogen-bond acceptors (Lipinski definition) is 3. The van der Waals surface area contributed by atoms with E-state index >= 15 is 0 Å². The topological polar surface area (TPSA) is 24.5 Å². The molecule has 0 bridgehead atoms. The molecule has 0 aromatic heterocycles. The van der Waals surface area contributed by atoms with E-state index in [0.29, 0.717) is 31.7 Å². The minimum Gasteiger partial charge on any atom is -0.406 e. The van der Waals surface area contributed by atoms with Gasteiger partial charge in [0.25, 0.3) is 0 Å². The smallest absolute Gasteiger partial charge is 0.406 e. The normalized spacial score (nSPS) is 18.4. The SMILES string of the molecule is FC(F)(F)CC[C@@H](c1ccc(OC(F)(F)F)cc1)N1CCNCC1. The van der Waals surface area contributed by atoms with Crippen molar-refractivity contribution < 1.29 is 31.1 Å².